The first-order valence-corrected chi connectivity index (χ1v) is 11.2. The van der Waals surface area contributed by atoms with E-state index in [-0.39, 0.29) is 17.8 Å². The number of halogens is 3. The summed E-state index contributed by atoms with van der Waals surface area (Å²) in [6.07, 6.45) is 2.28. The molecule has 3 aromatic rings. The van der Waals surface area contributed by atoms with E-state index in [0.29, 0.717) is 5.02 Å². The number of nitrogens with zero attached hydrogens (tertiary/aromatic N) is 5. The Morgan fingerprint density at radius 3 is 2.29 bits per heavy atom. The predicted molar refractivity (Wildman–Crippen MR) is 129 cm³/mol. The van der Waals surface area contributed by atoms with Gasteiger partial charge in [0.2, 0.25) is 5.95 Å². The molecule has 31 heavy (non-hydrogen) atoms. The Balaban J connectivity index is 0.00000231. The van der Waals surface area contributed by atoms with Crippen molar-refractivity contribution in [2.75, 3.05) is 31.1 Å². The molecule has 0 spiro atoms. The number of hydrogen-bond donors (Lipinski definition) is 0. The Morgan fingerprint density at radius 2 is 1.65 bits per heavy atom. The van der Waals surface area contributed by atoms with Crippen LogP contribution in [0.3, 0.4) is 0 Å². The summed E-state index contributed by atoms with van der Waals surface area (Å²) in [5.74, 6) is 2.05. The van der Waals surface area contributed by atoms with Crippen LogP contribution in [0, 0.1) is 0 Å². The van der Waals surface area contributed by atoms with E-state index in [1.54, 1.807) is 0 Å². The minimum Gasteiger partial charge on any atom is -0.338 e. The molecule has 0 unspecified atom stereocenters. The molecular weight excluding hydrogens is 453 g/mol. The van der Waals surface area contributed by atoms with E-state index in [4.69, 9.17) is 23.2 Å². The van der Waals surface area contributed by atoms with Crippen LogP contribution in [0.25, 0.3) is 0 Å². The van der Waals surface area contributed by atoms with Gasteiger partial charge in [-0.15, -0.1) is 22.6 Å². The van der Waals surface area contributed by atoms with Crippen LogP contribution in [0.1, 0.15) is 29.8 Å². The lowest BCUT2D eigenvalue weighted by molar-refractivity contribution is 0.248. The maximum atomic E-state index is 6.35. The van der Waals surface area contributed by atoms with Crippen LogP contribution in [-0.4, -0.2) is 45.8 Å². The molecule has 2 fully saturated rings. The molecule has 0 amide bonds. The van der Waals surface area contributed by atoms with Crippen molar-refractivity contribution in [3.05, 3.63) is 75.5 Å². The standard InChI is InChI=1S/C23H25Cl2N5.ClH/c1-28-21(23(9-10-23)18-5-3-2-4-6-18)26-27-22(28)30-13-11-29(12-14-30)16-17-7-8-19(24)15-20(17)25;/h2-8,15H,9-14,16H2,1H3;1H. The van der Waals surface area contributed by atoms with E-state index >= 15 is 0 Å². The van der Waals surface area contributed by atoms with Crippen molar-refractivity contribution in [1.29, 1.82) is 0 Å². The topological polar surface area (TPSA) is 37.2 Å². The van der Waals surface area contributed by atoms with Crippen molar-refractivity contribution >= 4 is 41.6 Å². The van der Waals surface area contributed by atoms with E-state index in [1.165, 1.54) is 5.56 Å². The average Bonchev–Trinajstić information content (AvgIpc) is 3.48. The largest absolute Gasteiger partial charge is 0.338 e. The number of hydrogen-bond acceptors (Lipinski definition) is 4. The van der Waals surface area contributed by atoms with Crippen LogP contribution in [0.15, 0.2) is 48.5 Å². The predicted octanol–water partition coefficient (Wildman–Crippen LogP) is 4.95. The van der Waals surface area contributed by atoms with E-state index in [0.717, 1.165) is 67.9 Å². The monoisotopic (exact) mass is 477 g/mol. The van der Waals surface area contributed by atoms with Crippen LogP contribution >= 0.6 is 35.6 Å². The first-order chi connectivity index (χ1) is 14.6. The van der Waals surface area contributed by atoms with Gasteiger partial charge in [-0.3, -0.25) is 9.47 Å². The second kappa shape index (κ2) is 8.99. The van der Waals surface area contributed by atoms with Gasteiger partial charge in [0.1, 0.15) is 5.82 Å². The summed E-state index contributed by atoms with van der Waals surface area (Å²) >= 11 is 12.4. The normalized spacial score (nSPS) is 18.0. The van der Waals surface area contributed by atoms with Crippen molar-refractivity contribution in [3.8, 4) is 0 Å². The molecule has 1 aromatic heterocycles. The van der Waals surface area contributed by atoms with Gasteiger partial charge in [0.15, 0.2) is 0 Å². The first kappa shape index (κ1) is 22.4. The summed E-state index contributed by atoms with van der Waals surface area (Å²) in [7, 11) is 2.10. The van der Waals surface area contributed by atoms with Gasteiger partial charge in [0, 0.05) is 49.8 Å². The van der Waals surface area contributed by atoms with Crippen molar-refractivity contribution in [2.24, 2.45) is 7.05 Å². The van der Waals surface area contributed by atoms with Crippen LogP contribution in [0.2, 0.25) is 10.0 Å². The number of anilines is 1. The number of aromatic nitrogens is 3. The van der Waals surface area contributed by atoms with E-state index in [2.05, 4.69) is 61.9 Å². The molecule has 1 saturated heterocycles. The SMILES string of the molecule is Cl.Cn1c(N2CCN(Cc3ccc(Cl)cc3Cl)CC2)nnc1C1(c2ccccc2)CC1. The molecule has 0 radical (unpaired) electrons. The van der Waals surface area contributed by atoms with Crippen molar-refractivity contribution in [1.82, 2.24) is 19.7 Å². The van der Waals surface area contributed by atoms with Crippen molar-refractivity contribution in [2.45, 2.75) is 24.8 Å². The summed E-state index contributed by atoms with van der Waals surface area (Å²) in [4.78, 5) is 4.77. The molecule has 0 bridgehead atoms. The van der Waals surface area contributed by atoms with Gasteiger partial charge in [-0.2, -0.15) is 0 Å². The minimum atomic E-state index is 0. The molecule has 2 aromatic carbocycles. The molecular formula is C23H26Cl3N5. The van der Waals surface area contributed by atoms with Gasteiger partial charge in [-0.05, 0) is 36.1 Å². The average molecular weight is 479 g/mol. The second-order valence-electron chi connectivity index (χ2n) is 8.33. The van der Waals surface area contributed by atoms with Crippen LogP contribution in [0.5, 0.6) is 0 Å². The zero-order valence-electron chi connectivity index (χ0n) is 17.5. The Kier molecular flexibility index (Phi) is 6.50. The summed E-state index contributed by atoms with van der Waals surface area (Å²) in [5.41, 5.74) is 2.50. The Labute approximate surface area is 199 Å². The summed E-state index contributed by atoms with van der Waals surface area (Å²) in [6.45, 7) is 4.62. The van der Waals surface area contributed by atoms with Crippen LogP contribution in [-0.2, 0) is 19.0 Å². The molecule has 5 nitrogen and oxygen atoms in total. The van der Waals surface area contributed by atoms with Gasteiger partial charge < -0.3 is 4.90 Å². The van der Waals surface area contributed by atoms with Gasteiger partial charge in [-0.25, -0.2) is 0 Å². The van der Waals surface area contributed by atoms with E-state index in [9.17, 15) is 0 Å². The van der Waals surface area contributed by atoms with Gasteiger partial charge in [0.05, 0.1) is 5.41 Å². The lowest BCUT2D eigenvalue weighted by Crippen LogP contribution is -2.46. The van der Waals surface area contributed by atoms with E-state index in [1.807, 2.05) is 18.2 Å². The summed E-state index contributed by atoms with van der Waals surface area (Å²) in [5, 5.41) is 10.6. The molecule has 8 heteroatoms. The van der Waals surface area contributed by atoms with Crippen molar-refractivity contribution < 1.29 is 0 Å². The van der Waals surface area contributed by atoms with Crippen LogP contribution in [0.4, 0.5) is 5.95 Å². The highest BCUT2D eigenvalue weighted by molar-refractivity contribution is 6.35. The first-order valence-electron chi connectivity index (χ1n) is 10.4. The molecule has 0 N–H and O–H groups in total. The molecule has 164 valence electrons. The molecule has 2 heterocycles. The molecule has 0 atom stereocenters. The zero-order valence-corrected chi connectivity index (χ0v) is 19.8. The summed E-state index contributed by atoms with van der Waals surface area (Å²) in [6, 6.07) is 16.4. The number of benzene rings is 2. The molecule has 1 saturated carbocycles. The Bertz CT molecular complexity index is 1040. The van der Waals surface area contributed by atoms with Gasteiger partial charge >= 0.3 is 0 Å². The fraction of sp³-hybridized carbons (Fsp3) is 0.391. The third-order valence-corrected chi connectivity index (χ3v) is 7.01. The smallest absolute Gasteiger partial charge is 0.227 e. The third-order valence-electron chi connectivity index (χ3n) is 6.42. The molecule has 2 aliphatic rings. The molecule has 5 rings (SSSR count). The maximum Gasteiger partial charge on any atom is 0.227 e. The van der Waals surface area contributed by atoms with E-state index < -0.39 is 0 Å². The number of rotatable bonds is 5. The highest BCUT2D eigenvalue weighted by Crippen LogP contribution is 2.52. The Morgan fingerprint density at radius 1 is 0.935 bits per heavy atom. The van der Waals surface area contributed by atoms with Crippen LogP contribution < -0.4 is 4.90 Å². The Hall–Kier alpha value is -1.79. The fourth-order valence-corrected chi connectivity index (χ4v) is 5.00. The third kappa shape index (κ3) is 4.29. The molecule has 1 aliphatic heterocycles. The second-order valence-corrected chi connectivity index (χ2v) is 9.17. The number of piperazine rings is 1. The zero-order chi connectivity index (χ0) is 20.7. The lowest BCUT2D eigenvalue weighted by Gasteiger charge is -2.35. The fourth-order valence-electron chi connectivity index (χ4n) is 4.53. The minimum absolute atomic E-state index is 0. The maximum absolute atomic E-state index is 6.35. The quantitative estimate of drug-likeness (QED) is 0.520. The highest BCUT2D eigenvalue weighted by Gasteiger charge is 2.50. The van der Waals surface area contributed by atoms with Crippen molar-refractivity contribution in [3.63, 3.8) is 0 Å². The highest BCUT2D eigenvalue weighted by atomic mass is 35.5. The van der Waals surface area contributed by atoms with Gasteiger partial charge in [0.25, 0.3) is 0 Å². The summed E-state index contributed by atoms with van der Waals surface area (Å²) < 4.78 is 2.20. The lowest BCUT2D eigenvalue weighted by atomic mass is 9.95. The molecule has 1 aliphatic carbocycles. The van der Waals surface area contributed by atoms with Gasteiger partial charge in [-0.1, -0.05) is 59.6 Å².